The molecule has 0 radical (unpaired) electrons. The Kier molecular flexibility index (Phi) is 7.76. The van der Waals surface area contributed by atoms with Crippen LogP contribution in [0.1, 0.15) is 37.8 Å². The number of halogens is 1. The lowest BCUT2D eigenvalue weighted by Crippen LogP contribution is -2.43. The van der Waals surface area contributed by atoms with E-state index in [-0.39, 0.29) is 30.1 Å². The van der Waals surface area contributed by atoms with E-state index >= 15 is 0 Å². The van der Waals surface area contributed by atoms with Gasteiger partial charge >= 0.3 is 0 Å². The van der Waals surface area contributed by atoms with Crippen LogP contribution in [0.5, 0.6) is 11.5 Å². The second-order valence-electron chi connectivity index (χ2n) is 7.09. The van der Waals surface area contributed by atoms with Crippen LogP contribution in [-0.4, -0.2) is 43.3 Å². The van der Waals surface area contributed by atoms with Crippen LogP contribution in [0.15, 0.2) is 17.1 Å². The molecule has 0 amide bonds. The quantitative estimate of drug-likeness (QED) is 0.375. The first kappa shape index (κ1) is 21.5. The predicted molar refractivity (Wildman–Crippen MR) is 121 cm³/mol. The van der Waals surface area contributed by atoms with E-state index in [1.807, 2.05) is 18.8 Å². The van der Waals surface area contributed by atoms with Crippen molar-refractivity contribution < 1.29 is 9.47 Å². The first-order valence-electron chi connectivity index (χ1n) is 8.98. The van der Waals surface area contributed by atoms with E-state index in [9.17, 15) is 0 Å². The number of thioether (sulfide) groups is 1. The second kappa shape index (κ2) is 9.39. The van der Waals surface area contributed by atoms with Gasteiger partial charge in [-0.05, 0) is 44.6 Å². The van der Waals surface area contributed by atoms with Crippen LogP contribution in [0.25, 0.3) is 0 Å². The lowest BCUT2D eigenvalue weighted by Gasteiger charge is -2.24. The number of aliphatic imine (C=N–C) groups is 1. The fourth-order valence-electron chi connectivity index (χ4n) is 3.46. The summed E-state index contributed by atoms with van der Waals surface area (Å²) in [6.07, 6.45) is 3.75. The van der Waals surface area contributed by atoms with Crippen LogP contribution in [-0.2, 0) is 13.0 Å². The predicted octanol–water partition coefficient (Wildman–Crippen LogP) is 3.59. The van der Waals surface area contributed by atoms with Gasteiger partial charge in [-0.1, -0.05) is 0 Å². The molecule has 0 spiro atoms. The maximum absolute atomic E-state index is 5.88. The Balaban J connectivity index is 0.00000243. The molecule has 1 fully saturated rings. The van der Waals surface area contributed by atoms with Gasteiger partial charge in [-0.25, -0.2) is 0 Å². The molecule has 1 aromatic carbocycles. The van der Waals surface area contributed by atoms with Crippen molar-refractivity contribution in [2.24, 2.45) is 4.99 Å². The highest BCUT2D eigenvalue weighted by Gasteiger charge is 2.29. The zero-order valence-corrected chi connectivity index (χ0v) is 19.2. The molecule has 1 aromatic rings. The molecular weight excluding hydrogens is 461 g/mol. The van der Waals surface area contributed by atoms with Crippen molar-refractivity contribution >= 4 is 41.7 Å². The molecule has 2 N–H and O–H groups in total. The van der Waals surface area contributed by atoms with Gasteiger partial charge < -0.3 is 20.1 Å². The second-order valence-corrected chi connectivity index (χ2v) is 8.77. The summed E-state index contributed by atoms with van der Waals surface area (Å²) in [5.74, 6) is 3.96. The molecule has 2 unspecified atom stereocenters. The van der Waals surface area contributed by atoms with Crippen molar-refractivity contribution in [2.45, 2.75) is 50.5 Å². The first-order chi connectivity index (χ1) is 12.0. The zero-order valence-electron chi connectivity index (χ0n) is 16.1. The third-order valence-corrected chi connectivity index (χ3v) is 6.44. The highest BCUT2D eigenvalue weighted by atomic mass is 127. The summed E-state index contributed by atoms with van der Waals surface area (Å²) in [7, 11) is 3.53. The summed E-state index contributed by atoms with van der Waals surface area (Å²) >= 11 is 2.05. The minimum Gasteiger partial charge on any atom is -0.496 e. The zero-order chi connectivity index (χ0) is 17.9. The lowest BCUT2D eigenvalue weighted by molar-refractivity contribution is 0.254. The van der Waals surface area contributed by atoms with Gasteiger partial charge in [-0.2, -0.15) is 11.8 Å². The molecule has 2 aliphatic rings. The van der Waals surface area contributed by atoms with Crippen LogP contribution in [0.3, 0.4) is 0 Å². The summed E-state index contributed by atoms with van der Waals surface area (Å²) in [6, 6.07) is 4.19. The standard InChI is InChI=1S/C19H29N3O2S.HI/c1-13-8-14-9-16(23-4)15(10-17(14)24-13)11-21-18(20-3)22-12-19(2)6-5-7-25-19;/h9-10,13H,5-8,11-12H2,1-4H3,(H2,20,21,22);1H. The Bertz CT molecular complexity index is 648. The van der Waals surface area contributed by atoms with Gasteiger partial charge in [0.15, 0.2) is 5.96 Å². The Morgan fingerprint density at radius 3 is 2.88 bits per heavy atom. The van der Waals surface area contributed by atoms with Crippen molar-refractivity contribution in [1.82, 2.24) is 10.6 Å². The molecule has 1 saturated heterocycles. The molecule has 0 saturated carbocycles. The number of benzene rings is 1. The van der Waals surface area contributed by atoms with Crippen molar-refractivity contribution in [3.63, 3.8) is 0 Å². The van der Waals surface area contributed by atoms with Gasteiger partial charge in [0.05, 0.1) is 7.11 Å². The van der Waals surface area contributed by atoms with E-state index in [2.05, 4.69) is 41.6 Å². The van der Waals surface area contributed by atoms with Gasteiger partial charge in [0, 0.05) is 42.4 Å². The topological polar surface area (TPSA) is 54.9 Å². The Labute approximate surface area is 178 Å². The summed E-state index contributed by atoms with van der Waals surface area (Å²) in [5.41, 5.74) is 2.31. The molecule has 5 nitrogen and oxygen atoms in total. The van der Waals surface area contributed by atoms with E-state index in [0.717, 1.165) is 36.0 Å². The van der Waals surface area contributed by atoms with Gasteiger partial charge in [0.25, 0.3) is 0 Å². The minimum absolute atomic E-state index is 0. The Hall–Kier alpha value is -0.830. The third kappa shape index (κ3) is 5.12. The molecule has 0 bridgehead atoms. The third-order valence-electron chi connectivity index (χ3n) is 4.90. The maximum atomic E-state index is 5.88. The maximum Gasteiger partial charge on any atom is 0.191 e. The average Bonchev–Trinajstić information content (AvgIpc) is 3.18. The minimum atomic E-state index is 0. The molecule has 2 aliphatic heterocycles. The van der Waals surface area contributed by atoms with Gasteiger partial charge in [-0.3, -0.25) is 4.99 Å². The largest absolute Gasteiger partial charge is 0.496 e. The van der Waals surface area contributed by atoms with E-state index in [1.165, 1.54) is 24.2 Å². The molecule has 0 aromatic heterocycles. The highest BCUT2D eigenvalue weighted by molar-refractivity contribution is 14.0. The molecule has 2 heterocycles. The number of rotatable bonds is 5. The average molecular weight is 491 g/mol. The van der Waals surface area contributed by atoms with E-state index < -0.39 is 0 Å². The SMILES string of the molecule is CN=C(NCc1cc2c(cc1OC)CC(C)O2)NCC1(C)CCCS1.I. The van der Waals surface area contributed by atoms with Gasteiger partial charge in [-0.15, -0.1) is 24.0 Å². The molecule has 146 valence electrons. The first-order valence-corrected chi connectivity index (χ1v) is 9.96. The normalized spacial score (nSPS) is 24.5. The van der Waals surface area contributed by atoms with E-state index in [4.69, 9.17) is 9.47 Å². The monoisotopic (exact) mass is 491 g/mol. The van der Waals surface area contributed by atoms with E-state index in [0.29, 0.717) is 11.3 Å². The molecule has 3 rings (SSSR count). The van der Waals surface area contributed by atoms with Crippen molar-refractivity contribution in [3.8, 4) is 11.5 Å². The van der Waals surface area contributed by atoms with Crippen molar-refractivity contribution in [3.05, 3.63) is 23.3 Å². The van der Waals surface area contributed by atoms with Crippen LogP contribution in [0.2, 0.25) is 0 Å². The Morgan fingerprint density at radius 2 is 2.23 bits per heavy atom. The number of hydrogen-bond acceptors (Lipinski definition) is 4. The fraction of sp³-hybridized carbons (Fsp3) is 0.632. The number of nitrogens with zero attached hydrogens (tertiary/aromatic N) is 1. The highest BCUT2D eigenvalue weighted by Crippen LogP contribution is 2.37. The summed E-state index contributed by atoms with van der Waals surface area (Å²) in [4.78, 5) is 4.35. The fourth-order valence-corrected chi connectivity index (χ4v) is 4.70. The lowest BCUT2D eigenvalue weighted by atomic mass is 10.1. The molecule has 0 aliphatic carbocycles. The van der Waals surface area contributed by atoms with Crippen LogP contribution < -0.4 is 20.1 Å². The number of ether oxygens (including phenoxy) is 2. The number of hydrogen-bond donors (Lipinski definition) is 2. The van der Waals surface area contributed by atoms with Crippen molar-refractivity contribution in [2.75, 3.05) is 26.5 Å². The van der Waals surface area contributed by atoms with Crippen molar-refractivity contribution in [1.29, 1.82) is 0 Å². The van der Waals surface area contributed by atoms with Crippen LogP contribution in [0.4, 0.5) is 0 Å². The number of fused-ring (bicyclic) bond motifs is 1. The molecule has 7 heteroatoms. The summed E-state index contributed by atoms with van der Waals surface area (Å²) in [5, 5.41) is 6.86. The van der Waals surface area contributed by atoms with Gasteiger partial charge in [0.2, 0.25) is 0 Å². The van der Waals surface area contributed by atoms with Crippen LogP contribution in [0, 0.1) is 0 Å². The van der Waals surface area contributed by atoms with Crippen LogP contribution >= 0.6 is 35.7 Å². The smallest absolute Gasteiger partial charge is 0.191 e. The number of guanidine groups is 1. The molecular formula is C19H30IN3O2S. The molecule has 26 heavy (non-hydrogen) atoms. The van der Waals surface area contributed by atoms with Gasteiger partial charge in [0.1, 0.15) is 17.6 Å². The van der Waals surface area contributed by atoms with E-state index in [1.54, 1.807) is 7.11 Å². The Morgan fingerprint density at radius 1 is 1.42 bits per heavy atom. The number of methoxy groups -OCH3 is 1. The molecule has 2 atom stereocenters. The summed E-state index contributed by atoms with van der Waals surface area (Å²) in [6.45, 7) is 6.00. The summed E-state index contributed by atoms with van der Waals surface area (Å²) < 4.78 is 11.8. The number of nitrogens with one attached hydrogen (secondary N) is 2.